The fourth-order valence-corrected chi connectivity index (χ4v) is 2.68. The van der Waals surface area contributed by atoms with E-state index in [0.717, 1.165) is 29.7 Å². The van der Waals surface area contributed by atoms with Crippen molar-refractivity contribution in [1.82, 2.24) is 25.4 Å². The molecule has 0 spiro atoms. The molecule has 1 aromatic carbocycles. The van der Waals surface area contributed by atoms with Crippen molar-refractivity contribution in [3.63, 3.8) is 0 Å². The zero-order valence-electron chi connectivity index (χ0n) is 12.6. The second-order valence-electron chi connectivity index (χ2n) is 5.51. The summed E-state index contributed by atoms with van der Waals surface area (Å²) >= 11 is 0. The van der Waals surface area contributed by atoms with Crippen molar-refractivity contribution in [1.29, 1.82) is 0 Å². The molecular weight excluding hydrogens is 294 g/mol. The molecule has 7 heteroatoms. The van der Waals surface area contributed by atoms with Crippen LogP contribution < -0.4 is 5.32 Å². The summed E-state index contributed by atoms with van der Waals surface area (Å²) in [6.07, 6.45) is 1.64. The fraction of sp³-hybridized carbons (Fsp3) is 0.250. The number of benzene rings is 1. The van der Waals surface area contributed by atoms with Gasteiger partial charge in [-0.05, 0) is 25.3 Å². The van der Waals surface area contributed by atoms with Gasteiger partial charge in [-0.15, -0.1) is 0 Å². The monoisotopic (exact) mass is 309 g/mol. The SMILES string of the molecule is Cc1ccccc1-c1noc(-c2nc3c([nH]2)CCCNC3=O)n1. The Morgan fingerprint density at radius 2 is 2.09 bits per heavy atom. The number of aromatic amines is 1. The van der Waals surface area contributed by atoms with Crippen LogP contribution in [0.3, 0.4) is 0 Å². The van der Waals surface area contributed by atoms with Gasteiger partial charge in [0.25, 0.3) is 11.8 Å². The van der Waals surface area contributed by atoms with Crippen molar-refractivity contribution in [2.75, 3.05) is 6.54 Å². The minimum absolute atomic E-state index is 0.168. The van der Waals surface area contributed by atoms with Gasteiger partial charge in [-0.2, -0.15) is 4.98 Å². The molecule has 4 rings (SSSR count). The number of imidazole rings is 1. The number of rotatable bonds is 2. The Morgan fingerprint density at radius 3 is 2.96 bits per heavy atom. The Balaban J connectivity index is 1.72. The molecule has 0 radical (unpaired) electrons. The molecule has 7 nitrogen and oxygen atoms in total. The summed E-state index contributed by atoms with van der Waals surface area (Å²) in [5.41, 5.74) is 3.20. The minimum Gasteiger partial charge on any atom is -0.351 e. The molecule has 2 N–H and O–H groups in total. The second-order valence-corrected chi connectivity index (χ2v) is 5.51. The molecule has 2 aromatic heterocycles. The van der Waals surface area contributed by atoms with E-state index in [-0.39, 0.29) is 11.8 Å². The van der Waals surface area contributed by atoms with E-state index < -0.39 is 0 Å². The van der Waals surface area contributed by atoms with E-state index in [1.807, 2.05) is 31.2 Å². The number of hydrogen-bond acceptors (Lipinski definition) is 5. The molecule has 1 amide bonds. The molecule has 3 heterocycles. The van der Waals surface area contributed by atoms with Gasteiger partial charge in [0.2, 0.25) is 5.82 Å². The van der Waals surface area contributed by atoms with Crippen LogP contribution in [-0.2, 0) is 6.42 Å². The summed E-state index contributed by atoms with van der Waals surface area (Å²) in [4.78, 5) is 23.8. The van der Waals surface area contributed by atoms with E-state index in [1.54, 1.807) is 0 Å². The van der Waals surface area contributed by atoms with Gasteiger partial charge in [-0.25, -0.2) is 4.98 Å². The molecule has 0 fully saturated rings. The highest BCUT2D eigenvalue weighted by molar-refractivity contribution is 5.94. The molecule has 0 aliphatic carbocycles. The Morgan fingerprint density at radius 1 is 1.22 bits per heavy atom. The maximum atomic E-state index is 12.0. The van der Waals surface area contributed by atoms with Crippen LogP contribution in [-0.4, -0.2) is 32.6 Å². The predicted octanol–water partition coefficient (Wildman–Crippen LogP) is 2.11. The first-order valence-corrected chi connectivity index (χ1v) is 7.49. The largest absolute Gasteiger partial charge is 0.351 e. The van der Waals surface area contributed by atoms with Gasteiger partial charge in [0.1, 0.15) is 5.69 Å². The molecule has 0 atom stereocenters. The van der Waals surface area contributed by atoms with Crippen molar-refractivity contribution < 1.29 is 9.32 Å². The zero-order valence-corrected chi connectivity index (χ0v) is 12.6. The maximum absolute atomic E-state index is 12.0. The first-order chi connectivity index (χ1) is 11.2. The van der Waals surface area contributed by atoms with Crippen LogP contribution in [0.15, 0.2) is 28.8 Å². The molecule has 0 saturated heterocycles. The lowest BCUT2D eigenvalue weighted by atomic mass is 10.1. The number of H-pyrrole nitrogens is 1. The summed E-state index contributed by atoms with van der Waals surface area (Å²) in [6.45, 7) is 2.65. The van der Waals surface area contributed by atoms with E-state index in [9.17, 15) is 4.79 Å². The van der Waals surface area contributed by atoms with Crippen LogP contribution >= 0.6 is 0 Å². The van der Waals surface area contributed by atoms with Gasteiger partial charge >= 0.3 is 0 Å². The normalized spacial score (nSPS) is 14.2. The van der Waals surface area contributed by atoms with Crippen molar-refractivity contribution in [2.45, 2.75) is 19.8 Å². The predicted molar refractivity (Wildman–Crippen MR) is 82.7 cm³/mol. The molecule has 3 aromatic rings. The number of nitrogens with one attached hydrogen (secondary N) is 2. The third-order valence-electron chi connectivity index (χ3n) is 3.90. The van der Waals surface area contributed by atoms with Crippen molar-refractivity contribution in [2.24, 2.45) is 0 Å². The molecular formula is C16H15N5O2. The molecule has 1 aliphatic heterocycles. The van der Waals surface area contributed by atoms with Crippen LogP contribution in [0.5, 0.6) is 0 Å². The average Bonchev–Trinajstić information content (AvgIpc) is 3.15. The smallest absolute Gasteiger partial charge is 0.294 e. The molecule has 0 bridgehead atoms. The topological polar surface area (TPSA) is 96.7 Å². The average molecular weight is 309 g/mol. The van der Waals surface area contributed by atoms with Crippen molar-refractivity contribution in [3.05, 3.63) is 41.2 Å². The van der Waals surface area contributed by atoms with Gasteiger partial charge in [-0.3, -0.25) is 4.79 Å². The molecule has 116 valence electrons. The molecule has 0 saturated carbocycles. The highest BCUT2D eigenvalue weighted by Crippen LogP contribution is 2.24. The number of hydrogen-bond donors (Lipinski definition) is 2. The lowest BCUT2D eigenvalue weighted by Crippen LogP contribution is -2.23. The Hall–Kier alpha value is -2.96. The maximum Gasteiger partial charge on any atom is 0.294 e. The number of amides is 1. The summed E-state index contributed by atoms with van der Waals surface area (Å²) in [6, 6.07) is 7.82. The number of carbonyl (C=O) groups is 1. The molecule has 1 aliphatic rings. The summed E-state index contributed by atoms with van der Waals surface area (Å²) < 4.78 is 5.32. The van der Waals surface area contributed by atoms with Crippen molar-refractivity contribution >= 4 is 5.91 Å². The lowest BCUT2D eigenvalue weighted by molar-refractivity contribution is 0.0951. The molecule has 0 unspecified atom stereocenters. The van der Waals surface area contributed by atoms with Gasteiger partial charge in [0, 0.05) is 17.8 Å². The quantitative estimate of drug-likeness (QED) is 0.755. The van der Waals surface area contributed by atoms with E-state index in [1.165, 1.54) is 0 Å². The van der Waals surface area contributed by atoms with E-state index in [4.69, 9.17) is 4.52 Å². The number of fused-ring (bicyclic) bond motifs is 1. The third kappa shape index (κ3) is 2.40. The Labute approximate surface area is 132 Å². The summed E-state index contributed by atoms with van der Waals surface area (Å²) in [5, 5.41) is 6.84. The van der Waals surface area contributed by atoms with Crippen LogP contribution in [0.4, 0.5) is 0 Å². The first kappa shape index (κ1) is 13.7. The fourth-order valence-electron chi connectivity index (χ4n) is 2.68. The van der Waals surface area contributed by atoms with E-state index in [2.05, 4.69) is 25.4 Å². The third-order valence-corrected chi connectivity index (χ3v) is 3.90. The number of nitrogens with zero attached hydrogens (tertiary/aromatic N) is 3. The Bertz CT molecular complexity index is 880. The summed E-state index contributed by atoms with van der Waals surface area (Å²) in [5.74, 6) is 1.05. The van der Waals surface area contributed by atoms with Crippen molar-refractivity contribution in [3.8, 4) is 23.1 Å². The zero-order chi connectivity index (χ0) is 15.8. The lowest BCUT2D eigenvalue weighted by Gasteiger charge is -1.97. The van der Waals surface area contributed by atoms with Crippen LogP contribution in [0.25, 0.3) is 23.1 Å². The van der Waals surface area contributed by atoms with Crippen LogP contribution in [0, 0.1) is 6.92 Å². The van der Waals surface area contributed by atoms with Gasteiger partial charge in [-0.1, -0.05) is 29.4 Å². The highest BCUT2D eigenvalue weighted by atomic mass is 16.5. The minimum atomic E-state index is -0.168. The number of aromatic nitrogens is 4. The standard InChI is InChI=1S/C16H15N5O2/c1-9-5-2-3-6-10(9)13-20-16(23-21-13)14-18-11-7-4-8-17-15(22)12(11)19-14/h2-3,5-6H,4,7-8H2,1H3,(H,17,22)(H,18,19). The first-order valence-electron chi connectivity index (χ1n) is 7.49. The summed E-state index contributed by atoms with van der Waals surface area (Å²) in [7, 11) is 0. The van der Waals surface area contributed by atoms with Gasteiger partial charge in [0.15, 0.2) is 5.82 Å². The number of aryl methyl sites for hydroxylation is 2. The van der Waals surface area contributed by atoms with Crippen LogP contribution in [0.2, 0.25) is 0 Å². The number of carbonyl (C=O) groups excluding carboxylic acids is 1. The highest BCUT2D eigenvalue weighted by Gasteiger charge is 2.23. The Kier molecular flexibility index (Phi) is 3.18. The van der Waals surface area contributed by atoms with E-state index in [0.29, 0.717) is 23.9 Å². The van der Waals surface area contributed by atoms with Crippen LogP contribution in [0.1, 0.15) is 28.2 Å². The van der Waals surface area contributed by atoms with Gasteiger partial charge < -0.3 is 14.8 Å². The van der Waals surface area contributed by atoms with Gasteiger partial charge in [0.05, 0.1) is 0 Å². The molecule has 23 heavy (non-hydrogen) atoms. The van der Waals surface area contributed by atoms with E-state index >= 15 is 0 Å². The second kappa shape index (κ2) is 5.35.